The molecular weight excluding hydrogens is 240 g/mol. The number of hydrogen-bond acceptors (Lipinski definition) is 4. The zero-order chi connectivity index (χ0) is 12.8. The predicted molar refractivity (Wildman–Crippen MR) is 71.5 cm³/mol. The maximum Gasteiger partial charge on any atom is 0.181 e. The Bertz CT molecular complexity index is 743. The van der Waals surface area contributed by atoms with Gasteiger partial charge in [0, 0.05) is 23.8 Å². The number of hydrogen-bond donors (Lipinski definition) is 1. The Hall–Kier alpha value is -2.14. The number of nitrogens with two attached hydrogens (primary N) is 1. The Morgan fingerprint density at radius 2 is 2.26 bits per heavy atom. The molecule has 1 atom stereocenters. The normalized spacial score (nSPS) is 18.7. The van der Waals surface area contributed by atoms with Crippen molar-refractivity contribution in [3.8, 4) is 11.3 Å². The lowest BCUT2D eigenvalue weighted by atomic mass is 10.0. The number of imidazole rings is 1. The van der Waals surface area contributed by atoms with Gasteiger partial charge in [-0.2, -0.15) is 0 Å². The standard InChI is InChI=1S/C14H14N4O/c15-10-2-4-12-14(16-7-18(12)6-10)9-1-3-11-13(5-9)19-8-17-11/h1,3,5,7-8,10H,2,4,6,15H2. The van der Waals surface area contributed by atoms with E-state index in [9.17, 15) is 0 Å². The molecule has 1 aliphatic heterocycles. The second kappa shape index (κ2) is 3.93. The number of benzene rings is 1. The lowest BCUT2D eigenvalue weighted by Crippen LogP contribution is -2.31. The van der Waals surface area contributed by atoms with Crippen molar-refractivity contribution in [2.45, 2.75) is 25.4 Å². The average molecular weight is 254 g/mol. The van der Waals surface area contributed by atoms with Gasteiger partial charge in [-0.25, -0.2) is 9.97 Å². The summed E-state index contributed by atoms with van der Waals surface area (Å²) in [5.41, 5.74) is 11.0. The van der Waals surface area contributed by atoms with E-state index >= 15 is 0 Å². The molecule has 0 amide bonds. The Balaban J connectivity index is 1.83. The summed E-state index contributed by atoms with van der Waals surface area (Å²) < 4.78 is 7.51. The first-order valence-corrected chi connectivity index (χ1v) is 6.44. The molecule has 96 valence electrons. The Labute approximate surface area is 110 Å². The van der Waals surface area contributed by atoms with Crippen molar-refractivity contribution in [3.63, 3.8) is 0 Å². The van der Waals surface area contributed by atoms with Crippen molar-refractivity contribution in [1.29, 1.82) is 0 Å². The number of oxazole rings is 1. The third-order valence-electron chi connectivity index (χ3n) is 3.73. The summed E-state index contributed by atoms with van der Waals surface area (Å²) in [6, 6.07) is 6.25. The van der Waals surface area contributed by atoms with Gasteiger partial charge in [0.05, 0.1) is 12.0 Å². The SMILES string of the molecule is NC1CCc2c(-c3ccc4ncoc4c3)ncn2C1. The fraction of sp³-hybridized carbons (Fsp3) is 0.286. The van der Waals surface area contributed by atoms with E-state index in [1.165, 1.54) is 12.1 Å². The average Bonchev–Trinajstić information content (AvgIpc) is 3.02. The van der Waals surface area contributed by atoms with E-state index in [1.54, 1.807) is 0 Å². The molecule has 3 aromatic rings. The summed E-state index contributed by atoms with van der Waals surface area (Å²) in [7, 11) is 0. The number of rotatable bonds is 1. The number of aromatic nitrogens is 3. The Morgan fingerprint density at radius 3 is 3.21 bits per heavy atom. The molecule has 0 aliphatic carbocycles. The highest BCUT2D eigenvalue weighted by atomic mass is 16.3. The van der Waals surface area contributed by atoms with Crippen LogP contribution in [0.3, 0.4) is 0 Å². The molecule has 0 radical (unpaired) electrons. The monoisotopic (exact) mass is 254 g/mol. The van der Waals surface area contributed by atoms with Gasteiger partial charge in [-0.3, -0.25) is 0 Å². The zero-order valence-electron chi connectivity index (χ0n) is 10.4. The van der Waals surface area contributed by atoms with Crippen molar-refractivity contribution in [2.24, 2.45) is 5.73 Å². The molecule has 0 bridgehead atoms. The van der Waals surface area contributed by atoms with Crippen LogP contribution in [0.5, 0.6) is 0 Å². The second-order valence-corrected chi connectivity index (χ2v) is 5.03. The number of fused-ring (bicyclic) bond motifs is 2. The van der Waals surface area contributed by atoms with Gasteiger partial charge < -0.3 is 14.7 Å². The highest BCUT2D eigenvalue weighted by Gasteiger charge is 2.20. The minimum absolute atomic E-state index is 0.242. The molecule has 5 nitrogen and oxygen atoms in total. The van der Waals surface area contributed by atoms with Crippen molar-refractivity contribution >= 4 is 11.1 Å². The van der Waals surface area contributed by atoms with Gasteiger partial charge in [0.1, 0.15) is 5.52 Å². The van der Waals surface area contributed by atoms with Crippen LogP contribution in [-0.4, -0.2) is 20.6 Å². The third kappa shape index (κ3) is 1.66. The smallest absolute Gasteiger partial charge is 0.181 e. The summed E-state index contributed by atoms with van der Waals surface area (Å²) in [6.07, 6.45) is 5.35. The first-order valence-electron chi connectivity index (χ1n) is 6.44. The molecule has 19 heavy (non-hydrogen) atoms. The van der Waals surface area contributed by atoms with Crippen LogP contribution in [0.2, 0.25) is 0 Å². The van der Waals surface area contributed by atoms with E-state index < -0.39 is 0 Å². The summed E-state index contributed by atoms with van der Waals surface area (Å²) in [4.78, 5) is 8.67. The van der Waals surface area contributed by atoms with Gasteiger partial charge in [-0.1, -0.05) is 6.07 Å². The van der Waals surface area contributed by atoms with Crippen LogP contribution in [0.25, 0.3) is 22.4 Å². The lowest BCUT2D eigenvalue weighted by molar-refractivity contribution is 0.461. The van der Waals surface area contributed by atoms with Gasteiger partial charge in [-0.05, 0) is 25.0 Å². The van der Waals surface area contributed by atoms with E-state index in [0.717, 1.165) is 41.7 Å². The molecule has 4 rings (SSSR count). The fourth-order valence-corrected chi connectivity index (χ4v) is 2.74. The second-order valence-electron chi connectivity index (χ2n) is 5.03. The summed E-state index contributed by atoms with van der Waals surface area (Å²) in [5, 5.41) is 0. The quantitative estimate of drug-likeness (QED) is 0.720. The van der Waals surface area contributed by atoms with E-state index in [-0.39, 0.29) is 6.04 Å². The summed E-state index contributed by atoms with van der Waals surface area (Å²) in [5.74, 6) is 0. The first-order chi connectivity index (χ1) is 9.31. The molecule has 1 unspecified atom stereocenters. The summed E-state index contributed by atoms with van der Waals surface area (Å²) >= 11 is 0. The third-order valence-corrected chi connectivity index (χ3v) is 3.73. The molecule has 0 saturated carbocycles. The molecule has 0 saturated heterocycles. The van der Waals surface area contributed by atoms with Gasteiger partial charge in [0.2, 0.25) is 0 Å². The van der Waals surface area contributed by atoms with Gasteiger partial charge in [-0.15, -0.1) is 0 Å². The number of nitrogens with zero attached hydrogens (tertiary/aromatic N) is 3. The summed E-state index contributed by atoms with van der Waals surface area (Å²) in [6.45, 7) is 0.854. The molecule has 0 fully saturated rings. The maximum absolute atomic E-state index is 5.99. The molecular formula is C14H14N4O. The molecule has 5 heteroatoms. The van der Waals surface area contributed by atoms with Crippen molar-refractivity contribution in [2.75, 3.05) is 0 Å². The van der Waals surface area contributed by atoms with Crippen LogP contribution in [0.4, 0.5) is 0 Å². The molecule has 2 N–H and O–H groups in total. The largest absolute Gasteiger partial charge is 0.443 e. The molecule has 0 spiro atoms. The van der Waals surface area contributed by atoms with Crippen molar-refractivity contribution in [3.05, 3.63) is 36.6 Å². The van der Waals surface area contributed by atoms with Crippen LogP contribution < -0.4 is 5.73 Å². The molecule has 1 aliphatic rings. The Morgan fingerprint density at radius 1 is 1.32 bits per heavy atom. The first kappa shape index (κ1) is 10.8. The molecule has 2 aromatic heterocycles. The van der Waals surface area contributed by atoms with E-state index in [0.29, 0.717) is 0 Å². The van der Waals surface area contributed by atoms with Gasteiger partial charge in [0.25, 0.3) is 0 Å². The van der Waals surface area contributed by atoms with E-state index in [2.05, 4.69) is 14.5 Å². The van der Waals surface area contributed by atoms with Crippen LogP contribution in [0.15, 0.2) is 35.3 Å². The van der Waals surface area contributed by atoms with Crippen LogP contribution >= 0.6 is 0 Å². The lowest BCUT2D eigenvalue weighted by Gasteiger charge is -2.21. The highest BCUT2D eigenvalue weighted by Crippen LogP contribution is 2.28. The van der Waals surface area contributed by atoms with Crippen LogP contribution in [0, 0.1) is 0 Å². The molecule has 1 aromatic carbocycles. The maximum atomic E-state index is 5.99. The van der Waals surface area contributed by atoms with E-state index in [4.69, 9.17) is 10.2 Å². The fourth-order valence-electron chi connectivity index (χ4n) is 2.74. The topological polar surface area (TPSA) is 69.9 Å². The van der Waals surface area contributed by atoms with Crippen molar-refractivity contribution in [1.82, 2.24) is 14.5 Å². The highest BCUT2D eigenvalue weighted by molar-refractivity contribution is 5.79. The minimum atomic E-state index is 0.242. The van der Waals surface area contributed by atoms with Crippen LogP contribution in [0.1, 0.15) is 12.1 Å². The van der Waals surface area contributed by atoms with Crippen LogP contribution in [-0.2, 0) is 13.0 Å². The Kier molecular flexibility index (Phi) is 2.22. The van der Waals surface area contributed by atoms with E-state index in [1.807, 2.05) is 24.5 Å². The zero-order valence-corrected chi connectivity index (χ0v) is 10.4. The van der Waals surface area contributed by atoms with Gasteiger partial charge >= 0.3 is 0 Å². The van der Waals surface area contributed by atoms with Gasteiger partial charge in [0.15, 0.2) is 12.0 Å². The van der Waals surface area contributed by atoms with Crippen molar-refractivity contribution < 1.29 is 4.42 Å². The molecule has 3 heterocycles. The minimum Gasteiger partial charge on any atom is -0.443 e. The predicted octanol–water partition coefficient (Wildman–Crippen LogP) is 1.96.